The van der Waals surface area contributed by atoms with Crippen LogP contribution in [0.3, 0.4) is 0 Å². The highest BCUT2D eigenvalue weighted by Crippen LogP contribution is 2.27. The molecule has 1 fully saturated rings. The van der Waals surface area contributed by atoms with E-state index in [2.05, 4.69) is 5.32 Å². The maximum Gasteiger partial charge on any atom is 0.251 e. The highest BCUT2D eigenvalue weighted by atomic mass is 16.5. The molecule has 104 valence electrons. The maximum absolute atomic E-state index is 12.0. The molecule has 0 aliphatic heterocycles. The quantitative estimate of drug-likeness (QED) is 0.869. The van der Waals surface area contributed by atoms with Gasteiger partial charge < -0.3 is 19.9 Å². The van der Waals surface area contributed by atoms with Gasteiger partial charge in [0, 0.05) is 18.7 Å². The number of nitrogens with one attached hydrogen (secondary N) is 1. The van der Waals surface area contributed by atoms with E-state index in [4.69, 9.17) is 9.47 Å². The monoisotopic (exact) mass is 265 g/mol. The molecule has 0 heterocycles. The predicted molar refractivity (Wildman–Crippen MR) is 70.6 cm³/mol. The first-order valence-corrected chi connectivity index (χ1v) is 6.34. The molecule has 0 aromatic heterocycles. The Bertz CT molecular complexity index is 461. The fraction of sp³-hybridized carbons (Fsp3) is 0.500. The average molecular weight is 265 g/mol. The van der Waals surface area contributed by atoms with Crippen LogP contribution in [0.4, 0.5) is 0 Å². The van der Waals surface area contributed by atoms with Gasteiger partial charge in [0.1, 0.15) is 0 Å². The Balaban J connectivity index is 1.98. The van der Waals surface area contributed by atoms with Gasteiger partial charge in [-0.05, 0) is 37.5 Å². The van der Waals surface area contributed by atoms with Crippen molar-refractivity contribution in [1.82, 2.24) is 5.32 Å². The van der Waals surface area contributed by atoms with Gasteiger partial charge in [-0.1, -0.05) is 0 Å². The van der Waals surface area contributed by atoms with E-state index in [9.17, 15) is 9.90 Å². The van der Waals surface area contributed by atoms with Gasteiger partial charge in [-0.25, -0.2) is 0 Å². The van der Waals surface area contributed by atoms with Gasteiger partial charge in [0.25, 0.3) is 5.91 Å². The number of carbonyl (C=O) groups excluding carboxylic acids is 1. The fourth-order valence-electron chi connectivity index (χ4n) is 2.39. The van der Waals surface area contributed by atoms with Crippen molar-refractivity contribution in [3.63, 3.8) is 0 Å². The van der Waals surface area contributed by atoms with Gasteiger partial charge in [-0.15, -0.1) is 0 Å². The SMILES string of the molecule is COc1ccc(C(=O)NC2CCC(OC)C2)cc1O. The third-order valence-electron chi connectivity index (χ3n) is 3.49. The van der Waals surface area contributed by atoms with E-state index in [1.807, 2.05) is 0 Å². The summed E-state index contributed by atoms with van der Waals surface area (Å²) in [4.78, 5) is 12.0. The Morgan fingerprint density at radius 3 is 2.74 bits per heavy atom. The minimum absolute atomic E-state index is 0.0312. The van der Waals surface area contributed by atoms with Crippen LogP contribution in [0.25, 0.3) is 0 Å². The molecule has 1 saturated carbocycles. The second-order valence-corrected chi connectivity index (χ2v) is 4.73. The first-order valence-electron chi connectivity index (χ1n) is 6.34. The second kappa shape index (κ2) is 5.93. The van der Waals surface area contributed by atoms with Crippen molar-refractivity contribution >= 4 is 5.91 Å². The molecule has 0 spiro atoms. The van der Waals surface area contributed by atoms with Gasteiger partial charge in [0.05, 0.1) is 13.2 Å². The third kappa shape index (κ3) is 3.17. The molecule has 5 heteroatoms. The lowest BCUT2D eigenvalue weighted by molar-refractivity contribution is 0.0914. The van der Waals surface area contributed by atoms with Crippen LogP contribution in [0.5, 0.6) is 11.5 Å². The highest BCUT2D eigenvalue weighted by molar-refractivity contribution is 5.95. The van der Waals surface area contributed by atoms with Gasteiger partial charge in [0.2, 0.25) is 0 Å². The Morgan fingerprint density at radius 2 is 2.16 bits per heavy atom. The van der Waals surface area contributed by atoms with Crippen LogP contribution in [-0.4, -0.2) is 37.4 Å². The standard InChI is InChI=1S/C14H19NO4/c1-18-11-5-4-10(8-11)15-14(17)9-3-6-13(19-2)12(16)7-9/h3,6-7,10-11,16H,4-5,8H2,1-2H3,(H,15,17). The molecule has 0 saturated heterocycles. The second-order valence-electron chi connectivity index (χ2n) is 4.73. The minimum atomic E-state index is -0.181. The first-order chi connectivity index (χ1) is 9.13. The van der Waals surface area contributed by atoms with Crippen molar-refractivity contribution in [3.05, 3.63) is 23.8 Å². The molecule has 2 atom stereocenters. The van der Waals surface area contributed by atoms with E-state index >= 15 is 0 Å². The van der Waals surface area contributed by atoms with Crippen LogP contribution in [0, 0.1) is 0 Å². The molecule has 5 nitrogen and oxygen atoms in total. The average Bonchev–Trinajstić information content (AvgIpc) is 2.86. The lowest BCUT2D eigenvalue weighted by atomic mass is 10.1. The molecule has 2 N–H and O–H groups in total. The summed E-state index contributed by atoms with van der Waals surface area (Å²) < 4.78 is 10.2. The number of carbonyl (C=O) groups is 1. The molecule has 1 aliphatic carbocycles. The summed E-state index contributed by atoms with van der Waals surface area (Å²) in [7, 11) is 3.16. The lowest BCUT2D eigenvalue weighted by Crippen LogP contribution is -2.33. The van der Waals surface area contributed by atoms with Crippen LogP contribution < -0.4 is 10.1 Å². The summed E-state index contributed by atoms with van der Waals surface area (Å²) in [5, 5.41) is 12.6. The Hall–Kier alpha value is -1.75. The predicted octanol–water partition coefficient (Wildman–Crippen LogP) is 1.70. The summed E-state index contributed by atoms with van der Waals surface area (Å²) in [6.45, 7) is 0. The fourth-order valence-corrected chi connectivity index (χ4v) is 2.39. The normalized spacial score (nSPS) is 22.2. The van der Waals surface area contributed by atoms with Crippen molar-refractivity contribution in [3.8, 4) is 11.5 Å². The number of rotatable bonds is 4. The van der Waals surface area contributed by atoms with Crippen molar-refractivity contribution in [2.24, 2.45) is 0 Å². The topological polar surface area (TPSA) is 67.8 Å². The Kier molecular flexibility index (Phi) is 4.27. The Morgan fingerprint density at radius 1 is 1.37 bits per heavy atom. The third-order valence-corrected chi connectivity index (χ3v) is 3.49. The molecule has 19 heavy (non-hydrogen) atoms. The summed E-state index contributed by atoms with van der Waals surface area (Å²) >= 11 is 0. The molecule has 0 bridgehead atoms. The largest absolute Gasteiger partial charge is 0.504 e. The summed E-state index contributed by atoms with van der Waals surface area (Å²) in [6.07, 6.45) is 2.96. The number of ether oxygens (including phenoxy) is 2. The zero-order valence-corrected chi connectivity index (χ0v) is 11.2. The van der Waals surface area contributed by atoms with E-state index in [0.29, 0.717) is 11.3 Å². The number of methoxy groups -OCH3 is 2. The Labute approximate surface area is 112 Å². The van der Waals surface area contributed by atoms with Gasteiger partial charge >= 0.3 is 0 Å². The molecule has 2 rings (SSSR count). The van der Waals surface area contributed by atoms with Crippen LogP contribution in [0.2, 0.25) is 0 Å². The molecule has 1 aromatic rings. The maximum atomic E-state index is 12.0. The molecule has 1 aromatic carbocycles. The van der Waals surface area contributed by atoms with Gasteiger partial charge in [-0.3, -0.25) is 4.79 Å². The first kappa shape index (κ1) is 13.7. The van der Waals surface area contributed by atoms with Crippen LogP contribution in [0.15, 0.2) is 18.2 Å². The van der Waals surface area contributed by atoms with E-state index in [1.54, 1.807) is 19.2 Å². The molecule has 1 aliphatic rings. The number of phenols is 1. The van der Waals surface area contributed by atoms with Crippen molar-refractivity contribution in [1.29, 1.82) is 0 Å². The van der Waals surface area contributed by atoms with Crippen LogP contribution in [-0.2, 0) is 4.74 Å². The van der Waals surface area contributed by atoms with Crippen molar-refractivity contribution in [2.75, 3.05) is 14.2 Å². The lowest BCUT2D eigenvalue weighted by Gasteiger charge is -2.13. The summed E-state index contributed by atoms with van der Waals surface area (Å²) in [5.74, 6) is 0.146. The van der Waals surface area contributed by atoms with Crippen molar-refractivity contribution < 1.29 is 19.4 Å². The van der Waals surface area contributed by atoms with E-state index < -0.39 is 0 Å². The zero-order valence-electron chi connectivity index (χ0n) is 11.2. The zero-order chi connectivity index (χ0) is 13.8. The van der Waals surface area contributed by atoms with Crippen molar-refractivity contribution in [2.45, 2.75) is 31.4 Å². The number of hydrogen-bond acceptors (Lipinski definition) is 4. The van der Waals surface area contributed by atoms with E-state index in [1.165, 1.54) is 13.2 Å². The van der Waals surface area contributed by atoms with Gasteiger partial charge in [-0.2, -0.15) is 0 Å². The summed E-state index contributed by atoms with van der Waals surface area (Å²) in [5.41, 5.74) is 0.430. The number of phenolic OH excluding ortho intramolecular Hbond substituents is 1. The van der Waals surface area contributed by atoms with E-state index in [-0.39, 0.29) is 23.8 Å². The number of benzene rings is 1. The molecule has 0 radical (unpaired) electrons. The molecular formula is C14H19NO4. The molecule has 1 amide bonds. The number of hydrogen-bond donors (Lipinski definition) is 2. The van der Waals surface area contributed by atoms with Gasteiger partial charge in [0.15, 0.2) is 11.5 Å². The smallest absolute Gasteiger partial charge is 0.251 e. The van der Waals surface area contributed by atoms with Crippen LogP contribution in [0.1, 0.15) is 29.6 Å². The minimum Gasteiger partial charge on any atom is -0.504 e. The molecular weight excluding hydrogens is 246 g/mol. The summed E-state index contributed by atoms with van der Waals surface area (Å²) in [6, 6.07) is 4.77. The van der Waals surface area contributed by atoms with E-state index in [0.717, 1.165) is 19.3 Å². The number of amides is 1. The van der Waals surface area contributed by atoms with Crippen LogP contribution >= 0.6 is 0 Å². The highest BCUT2D eigenvalue weighted by Gasteiger charge is 2.26. The molecule has 2 unspecified atom stereocenters. The number of aromatic hydroxyl groups is 1.